The van der Waals surface area contributed by atoms with Crippen molar-refractivity contribution in [3.63, 3.8) is 0 Å². The van der Waals surface area contributed by atoms with Gasteiger partial charge in [0.15, 0.2) is 0 Å². The van der Waals surface area contributed by atoms with Crippen LogP contribution < -0.4 is 22.5 Å². The molecule has 2 aromatic heterocycles. The van der Waals surface area contributed by atoms with E-state index in [0.29, 0.717) is 12.5 Å². The van der Waals surface area contributed by atoms with Crippen LogP contribution in [-0.2, 0) is 13.6 Å². The lowest BCUT2D eigenvalue weighted by Crippen LogP contribution is -2.42. The highest BCUT2D eigenvalue weighted by atomic mass is 16.2. The predicted molar refractivity (Wildman–Crippen MR) is 81.3 cm³/mol. The van der Waals surface area contributed by atoms with Gasteiger partial charge in [0.1, 0.15) is 11.0 Å². The summed E-state index contributed by atoms with van der Waals surface area (Å²) in [4.78, 5) is 52.3. The van der Waals surface area contributed by atoms with Gasteiger partial charge in [0.05, 0.1) is 0 Å². The first kappa shape index (κ1) is 14.6. The molecule has 0 aliphatic heterocycles. The van der Waals surface area contributed by atoms with E-state index in [0.717, 1.165) is 23.8 Å². The summed E-state index contributed by atoms with van der Waals surface area (Å²) in [7, 11) is 1.34. The van der Waals surface area contributed by atoms with Crippen LogP contribution in [0.1, 0.15) is 32.1 Å². The molecule has 2 N–H and O–H groups in total. The zero-order valence-electron chi connectivity index (χ0n) is 12.3. The summed E-state index contributed by atoms with van der Waals surface area (Å²) in [5, 5.41) is 0. The highest BCUT2D eigenvalue weighted by molar-refractivity contribution is 5.71. The van der Waals surface area contributed by atoms with Gasteiger partial charge >= 0.3 is 11.4 Å². The molecule has 0 aromatic carbocycles. The van der Waals surface area contributed by atoms with Gasteiger partial charge < -0.3 is 4.98 Å². The van der Waals surface area contributed by atoms with E-state index >= 15 is 0 Å². The highest BCUT2D eigenvalue weighted by Gasteiger charge is 2.18. The summed E-state index contributed by atoms with van der Waals surface area (Å²) in [6.45, 7) is 0.364. The maximum atomic E-state index is 12.3. The number of fused-ring (bicyclic) bond motifs is 1. The van der Waals surface area contributed by atoms with Crippen molar-refractivity contribution >= 4 is 11.0 Å². The Bertz CT molecular complexity index is 940. The zero-order valence-corrected chi connectivity index (χ0v) is 12.3. The molecule has 3 rings (SSSR count). The van der Waals surface area contributed by atoms with Crippen molar-refractivity contribution in [2.45, 2.75) is 38.6 Å². The van der Waals surface area contributed by atoms with Crippen molar-refractivity contribution < 1.29 is 0 Å². The molecule has 0 amide bonds. The second-order valence-electron chi connectivity index (χ2n) is 5.87. The molecule has 8 heteroatoms. The van der Waals surface area contributed by atoms with Crippen molar-refractivity contribution in [3.8, 4) is 0 Å². The van der Waals surface area contributed by atoms with Crippen LogP contribution in [-0.4, -0.2) is 19.1 Å². The molecule has 1 saturated carbocycles. The van der Waals surface area contributed by atoms with E-state index in [9.17, 15) is 19.2 Å². The van der Waals surface area contributed by atoms with Gasteiger partial charge in [-0.05, 0) is 12.3 Å². The van der Waals surface area contributed by atoms with E-state index in [1.165, 1.54) is 24.5 Å². The molecule has 1 aliphatic carbocycles. The lowest BCUT2D eigenvalue weighted by molar-refractivity contribution is 0.450. The maximum absolute atomic E-state index is 12.3. The van der Waals surface area contributed by atoms with Crippen molar-refractivity contribution in [2.75, 3.05) is 0 Å². The van der Waals surface area contributed by atoms with Crippen LogP contribution in [0.3, 0.4) is 0 Å². The topological polar surface area (TPSA) is 110 Å². The Labute approximate surface area is 124 Å². The number of nitrogens with one attached hydrogen (secondary N) is 2. The fourth-order valence-corrected chi connectivity index (χ4v) is 3.24. The van der Waals surface area contributed by atoms with Crippen LogP contribution in [0.15, 0.2) is 19.2 Å². The molecule has 22 heavy (non-hydrogen) atoms. The lowest BCUT2D eigenvalue weighted by atomic mass is 10.0. The Morgan fingerprint density at radius 2 is 1.77 bits per heavy atom. The zero-order chi connectivity index (χ0) is 15.9. The first-order valence-electron chi connectivity index (χ1n) is 7.45. The number of hydrogen-bond acceptors (Lipinski definition) is 4. The molecule has 2 aromatic rings. The Hall–Kier alpha value is -2.38. The van der Waals surface area contributed by atoms with Gasteiger partial charge in [0.25, 0.3) is 11.1 Å². The SMILES string of the molecule is Cn1c(=O)c2[nH]c(=O)[nH]c(=O)c2n(CCC2CCCC2)c1=O. The fourth-order valence-electron chi connectivity index (χ4n) is 3.24. The van der Waals surface area contributed by atoms with Crippen LogP contribution in [0.25, 0.3) is 11.0 Å². The molecular weight excluding hydrogens is 288 g/mol. The van der Waals surface area contributed by atoms with Gasteiger partial charge in [-0.3, -0.25) is 23.7 Å². The van der Waals surface area contributed by atoms with Gasteiger partial charge in [0.2, 0.25) is 0 Å². The Kier molecular flexibility index (Phi) is 3.59. The van der Waals surface area contributed by atoms with Crippen molar-refractivity contribution in [1.29, 1.82) is 0 Å². The van der Waals surface area contributed by atoms with Crippen molar-refractivity contribution in [3.05, 3.63) is 41.7 Å². The highest BCUT2D eigenvalue weighted by Crippen LogP contribution is 2.27. The molecule has 0 radical (unpaired) electrons. The van der Waals surface area contributed by atoms with E-state index < -0.39 is 22.5 Å². The number of hydrogen-bond donors (Lipinski definition) is 2. The van der Waals surface area contributed by atoms with E-state index in [1.807, 2.05) is 0 Å². The first-order chi connectivity index (χ1) is 10.5. The number of H-pyrrole nitrogens is 2. The summed E-state index contributed by atoms with van der Waals surface area (Å²) in [6.07, 6.45) is 5.44. The predicted octanol–water partition coefficient (Wildman–Crippen LogP) is -0.343. The molecular formula is C14H18N4O4. The monoisotopic (exact) mass is 306 g/mol. The van der Waals surface area contributed by atoms with Gasteiger partial charge in [-0.2, -0.15) is 0 Å². The molecule has 0 bridgehead atoms. The standard InChI is InChI=1S/C14H18N4O4/c1-17-12(20)9-10(11(19)16-13(21)15-9)18(14(17)22)7-6-8-4-2-3-5-8/h8H,2-7H2,1H3,(H2,15,16,19,21). The smallest absolute Gasteiger partial charge is 0.301 e. The summed E-state index contributed by atoms with van der Waals surface area (Å²) in [6, 6.07) is 0. The van der Waals surface area contributed by atoms with Crippen LogP contribution in [0.2, 0.25) is 0 Å². The third-order valence-corrected chi connectivity index (χ3v) is 4.46. The largest absolute Gasteiger partial charge is 0.331 e. The van der Waals surface area contributed by atoms with Gasteiger partial charge in [-0.25, -0.2) is 9.59 Å². The minimum atomic E-state index is -0.754. The third-order valence-electron chi connectivity index (χ3n) is 4.46. The molecule has 0 saturated heterocycles. The maximum Gasteiger partial charge on any atom is 0.331 e. The summed E-state index contributed by atoms with van der Waals surface area (Å²) >= 11 is 0. The lowest BCUT2D eigenvalue weighted by Gasteiger charge is -2.13. The Morgan fingerprint density at radius 3 is 2.45 bits per heavy atom. The second-order valence-corrected chi connectivity index (χ2v) is 5.87. The van der Waals surface area contributed by atoms with Crippen LogP contribution in [0, 0.1) is 5.92 Å². The molecule has 0 spiro atoms. The van der Waals surface area contributed by atoms with E-state index in [2.05, 4.69) is 9.97 Å². The first-order valence-corrected chi connectivity index (χ1v) is 7.45. The average molecular weight is 306 g/mol. The number of nitrogens with zero attached hydrogens (tertiary/aromatic N) is 2. The fraction of sp³-hybridized carbons (Fsp3) is 0.571. The van der Waals surface area contributed by atoms with Gasteiger partial charge in [-0.15, -0.1) is 0 Å². The second kappa shape index (κ2) is 5.43. The van der Waals surface area contributed by atoms with Crippen molar-refractivity contribution in [2.24, 2.45) is 13.0 Å². The van der Waals surface area contributed by atoms with Crippen LogP contribution in [0.5, 0.6) is 0 Å². The summed E-state index contributed by atoms with van der Waals surface area (Å²) in [5.41, 5.74) is -2.84. The molecule has 0 unspecified atom stereocenters. The minimum absolute atomic E-state index is 0.0503. The van der Waals surface area contributed by atoms with E-state index in [4.69, 9.17) is 0 Å². The van der Waals surface area contributed by atoms with E-state index in [-0.39, 0.29) is 11.0 Å². The molecule has 0 atom stereocenters. The Morgan fingerprint density at radius 1 is 1.09 bits per heavy atom. The molecule has 1 aliphatic rings. The minimum Gasteiger partial charge on any atom is -0.301 e. The van der Waals surface area contributed by atoms with E-state index in [1.54, 1.807) is 0 Å². The normalized spacial score (nSPS) is 15.7. The molecule has 8 nitrogen and oxygen atoms in total. The third kappa shape index (κ3) is 2.34. The number of aromatic nitrogens is 4. The molecule has 2 heterocycles. The van der Waals surface area contributed by atoms with Gasteiger partial charge in [-0.1, -0.05) is 25.7 Å². The molecule has 1 fully saturated rings. The van der Waals surface area contributed by atoms with Crippen LogP contribution in [0.4, 0.5) is 0 Å². The number of rotatable bonds is 3. The van der Waals surface area contributed by atoms with Gasteiger partial charge in [0, 0.05) is 13.6 Å². The van der Waals surface area contributed by atoms with Crippen LogP contribution >= 0.6 is 0 Å². The molecule has 118 valence electrons. The number of aryl methyl sites for hydroxylation is 1. The quantitative estimate of drug-likeness (QED) is 0.808. The average Bonchev–Trinajstić information content (AvgIpc) is 2.98. The summed E-state index contributed by atoms with van der Waals surface area (Å²) < 4.78 is 2.22. The number of aromatic amines is 2. The summed E-state index contributed by atoms with van der Waals surface area (Å²) in [5.74, 6) is 0.543. The van der Waals surface area contributed by atoms with Crippen molar-refractivity contribution in [1.82, 2.24) is 19.1 Å². The Balaban J connectivity index is 2.19.